The Morgan fingerprint density at radius 2 is 1.74 bits per heavy atom. The van der Waals surface area contributed by atoms with Gasteiger partial charge in [-0.2, -0.15) is 13.2 Å². The third-order valence-corrected chi connectivity index (χ3v) is 2.63. The summed E-state index contributed by atoms with van der Waals surface area (Å²) >= 11 is 0. The largest absolute Gasteiger partial charge is 0.418 e. The number of oxazole rings is 1. The third-order valence-electron chi connectivity index (χ3n) is 2.63. The van der Waals surface area contributed by atoms with E-state index in [0.717, 1.165) is 12.1 Å². The molecule has 0 N–H and O–H groups in total. The monoisotopic (exact) mass is 264 g/mol. The molecule has 2 heterocycles. The van der Waals surface area contributed by atoms with Crippen molar-refractivity contribution < 1.29 is 17.6 Å². The Labute approximate surface area is 105 Å². The van der Waals surface area contributed by atoms with Gasteiger partial charge in [-0.15, -0.1) is 0 Å². The fourth-order valence-corrected chi connectivity index (χ4v) is 1.70. The smallest absolute Gasteiger partial charge is 0.416 e. The second-order valence-electron chi connectivity index (χ2n) is 3.92. The van der Waals surface area contributed by atoms with Crippen LogP contribution < -0.4 is 0 Å². The Balaban J connectivity index is 2.02. The van der Waals surface area contributed by atoms with Gasteiger partial charge in [0.15, 0.2) is 0 Å². The van der Waals surface area contributed by atoms with Crippen LogP contribution in [0.4, 0.5) is 13.2 Å². The number of benzene rings is 1. The van der Waals surface area contributed by atoms with E-state index in [9.17, 15) is 13.2 Å². The predicted molar refractivity (Wildman–Crippen MR) is 62.2 cm³/mol. The lowest BCUT2D eigenvalue weighted by Crippen LogP contribution is -2.03. The van der Waals surface area contributed by atoms with Crippen molar-refractivity contribution >= 4 is 11.2 Å². The van der Waals surface area contributed by atoms with E-state index in [1.807, 2.05) is 0 Å². The first kappa shape index (κ1) is 11.7. The quantitative estimate of drug-likeness (QED) is 0.669. The molecule has 3 rings (SSSR count). The summed E-state index contributed by atoms with van der Waals surface area (Å²) in [7, 11) is 0. The number of nitrogens with zero attached hydrogens (tertiary/aromatic N) is 2. The van der Waals surface area contributed by atoms with Gasteiger partial charge < -0.3 is 4.42 Å². The van der Waals surface area contributed by atoms with Crippen LogP contribution in [0, 0.1) is 0 Å². The van der Waals surface area contributed by atoms with Gasteiger partial charge in [-0.1, -0.05) is 0 Å². The summed E-state index contributed by atoms with van der Waals surface area (Å²) in [6.45, 7) is 0. The minimum Gasteiger partial charge on any atom is -0.418 e. The zero-order chi connectivity index (χ0) is 13.5. The van der Waals surface area contributed by atoms with E-state index < -0.39 is 11.7 Å². The van der Waals surface area contributed by atoms with Gasteiger partial charge in [-0.3, -0.25) is 0 Å². The molecule has 19 heavy (non-hydrogen) atoms. The predicted octanol–water partition coefficient (Wildman–Crippen LogP) is 3.91. The fraction of sp³-hybridized carbons (Fsp3) is 0.0769. The van der Waals surface area contributed by atoms with E-state index >= 15 is 0 Å². The molecule has 3 aromatic rings. The Hall–Kier alpha value is -2.37. The van der Waals surface area contributed by atoms with Crippen LogP contribution >= 0.6 is 0 Å². The van der Waals surface area contributed by atoms with Crippen LogP contribution in [0.15, 0.2) is 47.0 Å². The lowest BCUT2D eigenvalue weighted by molar-refractivity contribution is -0.137. The lowest BCUT2D eigenvalue weighted by Gasteiger charge is -2.05. The minimum absolute atomic E-state index is 0.252. The van der Waals surface area contributed by atoms with Crippen LogP contribution in [-0.4, -0.2) is 9.97 Å². The van der Waals surface area contributed by atoms with Gasteiger partial charge in [-0.05, 0) is 36.4 Å². The lowest BCUT2D eigenvalue weighted by atomic mass is 10.1. The van der Waals surface area contributed by atoms with E-state index in [-0.39, 0.29) is 5.89 Å². The molecule has 0 saturated heterocycles. The van der Waals surface area contributed by atoms with Crippen molar-refractivity contribution in [2.45, 2.75) is 6.18 Å². The van der Waals surface area contributed by atoms with Gasteiger partial charge in [0.2, 0.25) is 11.6 Å². The molecule has 0 unspecified atom stereocenters. The summed E-state index contributed by atoms with van der Waals surface area (Å²) in [4.78, 5) is 8.14. The van der Waals surface area contributed by atoms with Crippen molar-refractivity contribution in [1.82, 2.24) is 9.97 Å². The molecule has 0 spiro atoms. The van der Waals surface area contributed by atoms with E-state index in [1.165, 1.54) is 12.1 Å². The van der Waals surface area contributed by atoms with Gasteiger partial charge >= 0.3 is 6.18 Å². The summed E-state index contributed by atoms with van der Waals surface area (Å²) in [6.07, 6.45) is -2.79. The van der Waals surface area contributed by atoms with Crippen LogP contribution in [0.5, 0.6) is 0 Å². The molecule has 0 amide bonds. The highest BCUT2D eigenvalue weighted by Crippen LogP contribution is 2.31. The number of fused-ring (bicyclic) bond motifs is 1. The van der Waals surface area contributed by atoms with Crippen LogP contribution in [0.2, 0.25) is 0 Å². The van der Waals surface area contributed by atoms with Crippen molar-refractivity contribution in [3.05, 3.63) is 48.2 Å². The van der Waals surface area contributed by atoms with Crippen molar-refractivity contribution in [2.24, 2.45) is 0 Å². The molecule has 2 aromatic heterocycles. The van der Waals surface area contributed by atoms with Gasteiger partial charge in [0.25, 0.3) is 0 Å². The van der Waals surface area contributed by atoms with E-state index in [0.29, 0.717) is 16.8 Å². The van der Waals surface area contributed by atoms with Crippen molar-refractivity contribution in [3.63, 3.8) is 0 Å². The Bertz CT molecular complexity index is 684. The summed E-state index contributed by atoms with van der Waals surface area (Å²) in [6, 6.07) is 8.08. The number of alkyl halides is 3. The van der Waals surface area contributed by atoms with E-state index in [1.54, 1.807) is 18.3 Å². The summed E-state index contributed by atoms with van der Waals surface area (Å²) < 4.78 is 42.7. The van der Waals surface area contributed by atoms with Crippen molar-refractivity contribution in [1.29, 1.82) is 0 Å². The maximum absolute atomic E-state index is 12.4. The molecule has 96 valence electrons. The number of hydrogen-bond acceptors (Lipinski definition) is 3. The summed E-state index contributed by atoms with van der Waals surface area (Å²) in [5.74, 6) is 0.252. The average molecular weight is 264 g/mol. The second kappa shape index (κ2) is 4.08. The molecule has 0 radical (unpaired) electrons. The van der Waals surface area contributed by atoms with Crippen LogP contribution in [0.3, 0.4) is 0 Å². The molecular weight excluding hydrogens is 257 g/mol. The number of pyridine rings is 1. The number of halogens is 3. The first-order valence-corrected chi connectivity index (χ1v) is 5.43. The zero-order valence-electron chi connectivity index (χ0n) is 9.48. The molecule has 6 heteroatoms. The molecule has 1 aromatic carbocycles. The standard InChI is InChI=1S/C13H7F3N2O/c14-13(15,16)9-5-3-8(4-6-9)11-18-10-2-1-7-17-12(10)19-11/h1-7H. The van der Waals surface area contributed by atoms with Crippen molar-refractivity contribution in [2.75, 3.05) is 0 Å². The van der Waals surface area contributed by atoms with Crippen LogP contribution in [0.25, 0.3) is 22.7 Å². The van der Waals surface area contributed by atoms with Crippen molar-refractivity contribution in [3.8, 4) is 11.5 Å². The topological polar surface area (TPSA) is 38.9 Å². The molecule has 0 atom stereocenters. The van der Waals surface area contributed by atoms with E-state index in [2.05, 4.69) is 9.97 Å². The normalized spacial score (nSPS) is 11.9. The molecule has 0 aliphatic carbocycles. The van der Waals surface area contributed by atoms with Gasteiger partial charge in [0.05, 0.1) is 5.56 Å². The number of aromatic nitrogens is 2. The molecular formula is C13H7F3N2O. The highest BCUT2D eigenvalue weighted by Gasteiger charge is 2.30. The van der Waals surface area contributed by atoms with Crippen LogP contribution in [-0.2, 0) is 6.18 Å². The summed E-state index contributed by atoms with van der Waals surface area (Å²) in [5, 5.41) is 0. The fourth-order valence-electron chi connectivity index (χ4n) is 1.70. The maximum Gasteiger partial charge on any atom is 0.416 e. The highest BCUT2D eigenvalue weighted by atomic mass is 19.4. The SMILES string of the molecule is FC(F)(F)c1ccc(-c2nc3cccnc3o2)cc1. The van der Waals surface area contributed by atoms with Gasteiger partial charge in [-0.25, -0.2) is 9.97 Å². The highest BCUT2D eigenvalue weighted by molar-refractivity contribution is 5.72. The number of hydrogen-bond donors (Lipinski definition) is 0. The maximum atomic E-state index is 12.4. The molecule has 0 aliphatic heterocycles. The van der Waals surface area contributed by atoms with Gasteiger partial charge in [0, 0.05) is 11.8 Å². The van der Waals surface area contributed by atoms with E-state index in [4.69, 9.17) is 4.42 Å². The zero-order valence-corrected chi connectivity index (χ0v) is 9.48. The Morgan fingerprint density at radius 1 is 1.00 bits per heavy atom. The summed E-state index contributed by atoms with van der Waals surface area (Å²) in [5.41, 5.74) is 0.700. The Morgan fingerprint density at radius 3 is 2.37 bits per heavy atom. The Kier molecular flexibility index (Phi) is 2.51. The molecule has 0 fully saturated rings. The number of rotatable bonds is 1. The average Bonchev–Trinajstić information content (AvgIpc) is 2.81. The molecule has 3 nitrogen and oxygen atoms in total. The second-order valence-corrected chi connectivity index (χ2v) is 3.92. The molecule has 0 aliphatic rings. The molecule has 0 bridgehead atoms. The first-order valence-electron chi connectivity index (χ1n) is 5.43. The molecule has 0 saturated carbocycles. The minimum atomic E-state index is -4.35. The van der Waals surface area contributed by atoms with Gasteiger partial charge in [0.1, 0.15) is 5.52 Å². The first-order chi connectivity index (χ1) is 9.04. The third kappa shape index (κ3) is 2.16. The van der Waals surface area contributed by atoms with Crippen LogP contribution in [0.1, 0.15) is 5.56 Å².